The highest BCUT2D eigenvalue weighted by molar-refractivity contribution is 7.99. The van der Waals surface area contributed by atoms with Gasteiger partial charge in [0.25, 0.3) is 0 Å². The third-order valence-corrected chi connectivity index (χ3v) is 8.74. The molecule has 0 bridgehead atoms. The van der Waals surface area contributed by atoms with Crippen LogP contribution in [0.3, 0.4) is 0 Å². The van der Waals surface area contributed by atoms with E-state index in [4.69, 9.17) is 4.98 Å². The Morgan fingerprint density at radius 3 is 1.82 bits per heavy atom. The first-order valence-electron chi connectivity index (χ1n) is 14.6. The first-order valence-corrected chi connectivity index (χ1v) is 15.6. The monoisotopic (exact) mass is 613 g/mol. The molecule has 0 spiro atoms. The molecule has 0 atom stereocenters. The van der Waals surface area contributed by atoms with E-state index in [2.05, 4.69) is 108 Å². The molecule has 1 aromatic heterocycles. The summed E-state index contributed by atoms with van der Waals surface area (Å²) in [5, 5.41) is 0.950. The highest BCUT2D eigenvalue weighted by Crippen LogP contribution is 2.50. The van der Waals surface area contributed by atoms with Gasteiger partial charge < -0.3 is 15.5 Å². The third kappa shape index (κ3) is 6.98. The highest BCUT2D eigenvalue weighted by atomic mass is 32.2. The Bertz CT molecular complexity index is 1570. The van der Waals surface area contributed by atoms with Crippen LogP contribution in [0, 0.1) is 0 Å². The zero-order valence-electron chi connectivity index (χ0n) is 24.2. The zero-order valence-corrected chi connectivity index (χ0v) is 25.0. The fraction of sp³-hybridized carbons (Fsp3) is 0.222. The zero-order chi connectivity index (χ0) is 31.0. The number of rotatable bonds is 10. The molecule has 0 aliphatic heterocycles. The van der Waals surface area contributed by atoms with Crippen molar-refractivity contribution in [3.8, 4) is 33.6 Å². The number of aromatic amines is 1. The molecule has 0 saturated carbocycles. The van der Waals surface area contributed by atoms with Gasteiger partial charge in [-0.15, -0.1) is 0 Å². The molecule has 3 N–H and O–H groups in total. The Morgan fingerprint density at radius 1 is 0.750 bits per heavy atom. The maximum Gasteiger partial charge on any atom is 0.400 e. The molecule has 0 unspecified atom stereocenters. The van der Waals surface area contributed by atoms with Gasteiger partial charge >= 0.3 is 6.18 Å². The van der Waals surface area contributed by atoms with E-state index in [9.17, 15) is 18.0 Å². The van der Waals surface area contributed by atoms with Crippen LogP contribution in [0.5, 0.6) is 0 Å². The van der Waals surface area contributed by atoms with Crippen molar-refractivity contribution in [2.45, 2.75) is 42.4 Å². The average molecular weight is 614 g/mol. The number of aldehydes is 1. The number of alkyl halides is 3. The van der Waals surface area contributed by atoms with E-state index in [0.717, 1.165) is 70.2 Å². The predicted octanol–water partition coefficient (Wildman–Crippen LogP) is 9.07. The van der Waals surface area contributed by atoms with Crippen molar-refractivity contribution in [2.75, 3.05) is 12.3 Å². The Kier molecular flexibility index (Phi) is 10.0. The van der Waals surface area contributed by atoms with Crippen LogP contribution in [0.15, 0.2) is 114 Å². The number of carbonyl (C=O) groups is 1. The number of hydrogen-bond acceptors (Lipinski definition) is 4. The van der Waals surface area contributed by atoms with Crippen molar-refractivity contribution >= 4 is 18.0 Å². The molecule has 1 aliphatic carbocycles. The van der Waals surface area contributed by atoms with Crippen LogP contribution in [0.1, 0.15) is 36.8 Å². The molecule has 8 heteroatoms. The summed E-state index contributed by atoms with van der Waals surface area (Å²) in [6.07, 6.45) is 0.998. The largest absolute Gasteiger partial charge is 0.400 e. The average Bonchev–Trinajstić information content (AvgIpc) is 3.61. The third-order valence-electron chi connectivity index (χ3n) is 7.78. The number of benzene rings is 4. The molecule has 226 valence electrons. The van der Waals surface area contributed by atoms with E-state index in [1.54, 1.807) is 11.8 Å². The fourth-order valence-electron chi connectivity index (χ4n) is 5.70. The number of nitrogens with zero attached hydrogens (tertiary/aromatic N) is 1. The molecule has 0 saturated heterocycles. The number of imidazole rings is 1. The highest BCUT2D eigenvalue weighted by Gasteiger charge is 2.42. The fourth-order valence-corrected chi connectivity index (χ4v) is 6.58. The van der Waals surface area contributed by atoms with E-state index in [0.29, 0.717) is 0 Å². The number of nitrogens with two attached hydrogens (primary N) is 1. The Labute approximate surface area is 259 Å². The lowest BCUT2D eigenvalue weighted by atomic mass is 9.75. The van der Waals surface area contributed by atoms with E-state index in [1.165, 1.54) is 17.4 Å². The lowest BCUT2D eigenvalue weighted by molar-refractivity contribution is -0.118. The van der Waals surface area contributed by atoms with E-state index in [1.807, 2.05) is 12.1 Å². The number of halogens is 3. The lowest BCUT2D eigenvalue weighted by Gasteiger charge is -2.25. The summed E-state index contributed by atoms with van der Waals surface area (Å²) in [7, 11) is 0. The first-order chi connectivity index (χ1) is 21.4. The number of fused-ring (bicyclic) bond motifs is 3. The quantitative estimate of drug-likeness (QED) is 0.0937. The number of hydrogen-bond donors (Lipinski definition) is 2. The molecular formula is C36H34F3N3OS. The number of unbranched alkanes of at least 4 members (excludes halogenated alkanes) is 2. The van der Waals surface area contributed by atoms with E-state index < -0.39 is 18.1 Å². The number of aromatic nitrogens is 2. The van der Waals surface area contributed by atoms with Crippen LogP contribution < -0.4 is 5.73 Å². The molecular weight excluding hydrogens is 579 g/mol. The molecule has 0 radical (unpaired) electrons. The minimum atomic E-state index is -4.18. The van der Waals surface area contributed by atoms with Gasteiger partial charge in [0.15, 0.2) is 5.16 Å². The molecule has 4 aromatic carbocycles. The van der Waals surface area contributed by atoms with Gasteiger partial charge in [-0.05, 0) is 35.1 Å². The minimum absolute atomic E-state index is 0.531. The number of carbonyl (C=O) groups excluding carboxylic acids is 1. The van der Waals surface area contributed by atoms with Gasteiger partial charge in [0.05, 0.1) is 23.3 Å². The van der Waals surface area contributed by atoms with Crippen LogP contribution in [0.25, 0.3) is 33.6 Å². The Hall–Kier alpha value is -4.14. The van der Waals surface area contributed by atoms with E-state index >= 15 is 0 Å². The summed E-state index contributed by atoms with van der Waals surface area (Å²) < 4.78 is 32.0. The van der Waals surface area contributed by atoms with Crippen LogP contribution in [0.2, 0.25) is 0 Å². The topological polar surface area (TPSA) is 71.8 Å². The van der Waals surface area contributed by atoms with Crippen molar-refractivity contribution in [1.29, 1.82) is 0 Å². The molecule has 5 aromatic rings. The summed E-state index contributed by atoms with van der Waals surface area (Å²) in [5.41, 5.74) is 12.7. The van der Waals surface area contributed by atoms with Gasteiger partial charge in [-0.2, -0.15) is 13.2 Å². The van der Waals surface area contributed by atoms with Gasteiger partial charge in [0, 0.05) is 16.9 Å². The molecule has 0 fully saturated rings. The molecule has 6 rings (SSSR count). The van der Waals surface area contributed by atoms with Crippen molar-refractivity contribution in [2.24, 2.45) is 5.73 Å². The van der Waals surface area contributed by atoms with Crippen molar-refractivity contribution in [3.63, 3.8) is 0 Å². The summed E-state index contributed by atoms with van der Waals surface area (Å²) in [6.45, 7) is -1.23. The summed E-state index contributed by atoms with van der Waals surface area (Å²) in [4.78, 5) is 21.2. The van der Waals surface area contributed by atoms with Crippen LogP contribution in [0.4, 0.5) is 13.2 Å². The predicted molar refractivity (Wildman–Crippen MR) is 172 cm³/mol. The van der Waals surface area contributed by atoms with Crippen LogP contribution >= 0.6 is 11.8 Å². The second-order valence-corrected chi connectivity index (χ2v) is 11.7. The number of nitrogens with one attached hydrogen (secondary N) is 1. The molecule has 1 heterocycles. The maximum absolute atomic E-state index is 12.6. The number of H-pyrrole nitrogens is 1. The minimum Gasteiger partial charge on any atom is -0.332 e. The standard InChI is InChI=1S/C34H30N2OS.C2H4F3N/c37-24-34(29-20-10-8-18-27(29)28-19-9-11-21-30(28)34)22-12-3-13-23-38-33-35-31(25-14-4-1-5-15-25)32(36-33)26-16-6-2-7-17-26;3-2(4,5)1-6/h1-2,4-11,14-21,24H,3,12-13,22-23H2,(H,35,36);1,6H2. The second-order valence-electron chi connectivity index (χ2n) is 10.7. The summed E-state index contributed by atoms with van der Waals surface area (Å²) in [5.74, 6) is 0.983. The van der Waals surface area contributed by atoms with Gasteiger partial charge in [-0.1, -0.05) is 134 Å². The maximum atomic E-state index is 12.6. The molecule has 44 heavy (non-hydrogen) atoms. The number of thioether (sulfide) groups is 1. The van der Waals surface area contributed by atoms with E-state index in [-0.39, 0.29) is 0 Å². The smallest absolute Gasteiger partial charge is 0.332 e. The van der Waals surface area contributed by atoms with Crippen molar-refractivity contribution in [3.05, 3.63) is 120 Å². The van der Waals surface area contributed by atoms with Gasteiger partial charge in [0.2, 0.25) is 0 Å². The van der Waals surface area contributed by atoms with Crippen LogP contribution in [-0.4, -0.2) is 34.7 Å². The van der Waals surface area contributed by atoms with Crippen molar-refractivity contribution < 1.29 is 18.0 Å². The second kappa shape index (κ2) is 14.1. The van der Waals surface area contributed by atoms with Gasteiger partial charge in [0.1, 0.15) is 6.29 Å². The van der Waals surface area contributed by atoms with Crippen molar-refractivity contribution in [1.82, 2.24) is 9.97 Å². The summed E-state index contributed by atoms with van der Waals surface area (Å²) in [6, 6.07) is 37.5. The van der Waals surface area contributed by atoms with Gasteiger partial charge in [-0.25, -0.2) is 4.98 Å². The first kappa shape index (κ1) is 31.3. The molecule has 0 amide bonds. The Morgan fingerprint density at radius 2 is 1.27 bits per heavy atom. The normalized spacial score (nSPS) is 13.0. The SMILES string of the molecule is NCC(F)(F)F.O=CC1(CCCCCSc2nc(-c3ccccc3)c(-c3ccccc3)[nH]2)c2ccccc2-c2ccccc21. The van der Waals surface area contributed by atoms with Gasteiger partial charge in [-0.3, -0.25) is 0 Å². The summed E-state index contributed by atoms with van der Waals surface area (Å²) >= 11 is 1.77. The van der Waals surface area contributed by atoms with Crippen LogP contribution in [-0.2, 0) is 10.2 Å². The molecule has 1 aliphatic rings. The molecule has 4 nitrogen and oxygen atoms in total. The Balaban J connectivity index is 0.000000584. The lowest BCUT2D eigenvalue weighted by Crippen LogP contribution is -2.27.